The molecule has 0 atom stereocenters. The summed E-state index contributed by atoms with van der Waals surface area (Å²) in [5.41, 5.74) is 0. The van der Waals surface area contributed by atoms with Crippen LogP contribution in [0.2, 0.25) is 0 Å². The van der Waals surface area contributed by atoms with Crippen molar-refractivity contribution in [2.75, 3.05) is 72.6 Å². The van der Waals surface area contributed by atoms with Crippen LogP contribution in [-0.4, -0.2) is 88.4 Å². The third-order valence-electron chi connectivity index (χ3n) is 4.26. The molecule has 1 rings (SSSR count). The number of nitrogens with zero attached hydrogens (tertiary/aromatic N) is 3. The molecule has 1 fully saturated rings. The average molecular weight is 455 g/mol. The molecule has 6 nitrogen and oxygen atoms in total. The molecule has 0 radical (unpaired) electrons. The molecule has 7 heteroatoms. The molecule has 0 aliphatic carbocycles. The lowest BCUT2D eigenvalue weighted by molar-refractivity contribution is 0.129. The van der Waals surface area contributed by atoms with Crippen molar-refractivity contribution in [2.45, 2.75) is 33.1 Å². The zero-order valence-corrected chi connectivity index (χ0v) is 18.2. The van der Waals surface area contributed by atoms with E-state index in [2.05, 4.69) is 39.3 Å². The second kappa shape index (κ2) is 16.4. The summed E-state index contributed by atoms with van der Waals surface area (Å²) in [5, 5.41) is 6.74. The van der Waals surface area contributed by atoms with Gasteiger partial charge in [0.1, 0.15) is 0 Å². The number of likely N-dealkylation sites (N-methyl/N-ethyl adjacent to an activating group) is 1. The van der Waals surface area contributed by atoms with Crippen molar-refractivity contribution < 1.29 is 4.74 Å². The first-order valence-corrected chi connectivity index (χ1v) is 9.27. The van der Waals surface area contributed by atoms with E-state index in [9.17, 15) is 0 Å². The van der Waals surface area contributed by atoms with E-state index in [0.29, 0.717) is 0 Å². The monoisotopic (exact) mass is 455 g/mol. The molecule has 0 saturated carbocycles. The Morgan fingerprint density at radius 1 is 0.958 bits per heavy atom. The molecule has 2 N–H and O–H groups in total. The molecular weight excluding hydrogens is 417 g/mol. The van der Waals surface area contributed by atoms with Gasteiger partial charge in [-0.1, -0.05) is 20.3 Å². The van der Waals surface area contributed by atoms with Crippen molar-refractivity contribution in [1.29, 1.82) is 0 Å². The Balaban J connectivity index is 0.00000529. The molecule has 0 amide bonds. The lowest BCUT2D eigenvalue weighted by Gasteiger charge is -2.34. The highest BCUT2D eigenvalue weighted by Gasteiger charge is 2.14. The molecule has 0 spiro atoms. The van der Waals surface area contributed by atoms with E-state index in [4.69, 9.17) is 4.74 Å². The van der Waals surface area contributed by atoms with Gasteiger partial charge in [0.15, 0.2) is 5.96 Å². The summed E-state index contributed by atoms with van der Waals surface area (Å²) in [7, 11) is 1.83. The van der Waals surface area contributed by atoms with Crippen LogP contribution < -0.4 is 10.6 Å². The summed E-state index contributed by atoms with van der Waals surface area (Å²) in [6, 6.07) is 0. The number of halogens is 1. The van der Waals surface area contributed by atoms with Gasteiger partial charge in [-0.15, -0.1) is 24.0 Å². The summed E-state index contributed by atoms with van der Waals surface area (Å²) in [6.45, 7) is 15.0. The Morgan fingerprint density at radius 2 is 1.58 bits per heavy atom. The summed E-state index contributed by atoms with van der Waals surface area (Å²) in [4.78, 5) is 9.30. The number of aliphatic imine (C=N–C) groups is 1. The van der Waals surface area contributed by atoms with Gasteiger partial charge in [0, 0.05) is 66.1 Å². The SMILES string of the molecule is CCCCOCCCNC(=NC)NCCN1CCN(CC)CC1.I. The van der Waals surface area contributed by atoms with Crippen molar-refractivity contribution in [3.63, 3.8) is 0 Å². The van der Waals surface area contributed by atoms with Gasteiger partial charge < -0.3 is 20.3 Å². The Bertz CT molecular complexity index is 309. The average Bonchev–Trinajstić information content (AvgIpc) is 2.60. The molecule has 1 aliphatic heterocycles. The highest BCUT2D eigenvalue weighted by atomic mass is 127. The quantitative estimate of drug-likeness (QED) is 0.215. The minimum Gasteiger partial charge on any atom is -0.381 e. The maximum absolute atomic E-state index is 5.56. The smallest absolute Gasteiger partial charge is 0.191 e. The number of hydrogen-bond donors (Lipinski definition) is 2. The first kappa shape index (κ1) is 23.9. The van der Waals surface area contributed by atoms with Crippen molar-refractivity contribution in [1.82, 2.24) is 20.4 Å². The topological polar surface area (TPSA) is 52.1 Å². The van der Waals surface area contributed by atoms with Gasteiger partial charge in [-0.25, -0.2) is 0 Å². The molecule has 1 heterocycles. The highest BCUT2D eigenvalue weighted by molar-refractivity contribution is 14.0. The Kier molecular flexibility index (Phi) is 16.3. The third-order valence-corrected chi connectivity index (χ3v) is 4.26. The molecule has 1 saturated heterocycles. The van der Waals surface area contributed by atoms with E-state index in [1.54, 1.807) is 0 Å². The van der Waals surface area contributed by atoms with E-state index in [0.717, 1.165) is 51.6 Å². The van der Waals surface area contributed by atoms with Crippen molar-refractivity contribution >= 4 is 29.9 Å². The van der Waals surface area contributed by atoms with Crippen molar-refractivity contribution in [3.8, 4) is 0 Å². The predicted octanol–water partition coefficient (Wildman–Crippen LogP) is 1.61. The van der Waals surface area contributed by atoms with Crippen molar-refractivity contribution in [2.24, 2.45) is 4.99 Å². The van der Waals surface area contributed by atoms with Gasteiger partial charge in [0.2, 0.25) is 0 Å². The van der Waals surface area contributed by atoms with Crippen LogP contribution in [0.5, 0.6) is 0 Å². The number of ether oxygens (including phenoxy) is 1. The molecule has 0 aromatic heterocycles. The second-order valence-electron chi connectivity index (χ2n) is 6.02. The molecule has 0 aromatic rings. The fraction of sp³-hybridized carbons (Fsp3) is 0.941. The van der Waals surface area contributed by atoms with Gasteiger partial charge in [-0.3, -0.25) is 9.89 Å². The zero-order chi connectivity index (χ0) is 16.8. The van der Waals surface area contributed by atoms with Crippen LogP contribution in [0.4, 0.5) is 0 Å². The fourth-order valence-corrected chi connectivity index (χ4v) is 2.61. The summed E-state index contributed by atoms with van der Waals surface area (Å²) in [6.07, 6.45) is 3.37. The molecular formula is C17H38IN5O. The Hall–Kier alpha value is -0.120. The summed E-state index contributed by atoms with van der Waals surface area (Å²) >= 11 is 0. The zero-order valence-electron chi connectivity index (χ0n) is 15.9. The van der Waals surface area contributed by atoms with E-state index in [1.807, 2.05) is 7.05 Å². The predicted molar refractivity (Wildman–Crippen MR) is 114 cm³/mol. The summed E-state index contributed by atoms with van der Waals surface area (Å²) in [5.74, 6) is 0.894. The number of guanidine groups is 1. The van der Waals surface area contributed by atoms with Crippen LogP contribution in [0.1, 0.15) is 33.1 Å². The largest absolute Gasteiger partial charge is 0.381 e. The Labute approximate surface area is 165 Å². The lowest BCUT2D eigenvalue weighted by atomic mass is 10.3. The molecule has 1 aliphatic rings. The maximum Gasteiger partial charge on any atom is 0.191 e. The van der Waals surface area contributed by atoms with Gasteiger partial charge in [-0.2, -0.15) is 0 Å². The molecule has 0 aromatic carbocycles. The number of rotatable bonds is 11. The second-order valence-corrected chi connectivity index (χ2v) is 6.02. The van der Waals surface area contributed by atoms with Crippen LogP contribution in [0, 0.1) is 0 Å². The van der Waals surface area contributed by atoms with Crippen LogP contribution in [0.25, 0.3) is 0 Å². The summed E-state index contributed by atoms with van der Waals surface area (Å²) < 4.78 is 5.56. The number of hydrogen-bond acceptors (Lipinski definition) is 4. The first-order valence-electron chi connectivity index (χ1n) is 9.27. The molecule has 0 unspecified atom stereocenters. The minimum atomic E-state index is 0. The first-order chi connectivity index (χ1) is 11.3. The third kappa shape index (κ3) is 11.4. The van der Waals surface area contributed by atoms with Gasteiger partial charge in [0.25, 0.3) is 0 Å². The van der Waals surface area contributed by atoms with Gasteiger partial charge in [0.05, 0.1) is 0 Å². The number of piperazine rings is 1. The minimum absolute atomic E-state index is 0. The highest BCUT2D eigenvalue weighted by Crippen LogP contribution is 1.99. The number of nitrogens with one attached hydrogen (secondary N) is 2. The van der Waals surface area contributed by atoms with Crippen molar-refractivity contribution in [3.05, 3.63) is 0 Å². The molecule has 0 bridgehead atoms. The molecule has 144 valence electrons. The standard InChI is InChI=1S/C17H37N5O.HI/c1-4-6-15-23-16-7-8-19-17(18-3)20-9-10-22-13-11-21(5-2)12-14-22;/h4-16H2,1-3H3,(H2,18,19,20);1H. The van der Waals surface area contributed by atoms with E-state index in [1.165, 1.54) is 39.1 Å². The van der Waals surface area contributed by atoms with E-state index < -0.39 is 0 Å². The van der Waals surface area contributed by atoms with Gasteiger partial charge in [-0.05, 0) is 19.4 Å². The van der Waals surface area contributed by atoms with Crippen LogP contribution >= 0.6 is 24.0 Å². The van der Waals surface area contributed by atoms with Crippen LogP contribution in [0.15, 0.2) is 4.99 Å². The molecule has 24 heavy (non-hydrogen) atoms. The van der Waals surface area contributed by atoms with Gasteiger partial charge >= 0.3 is 0 Å². The lowest BCUT2D eigenvalue weighted by Crippen LogP contribution is -2.49. The number of unbranched alkanes of at least 4 members (excludes halogenated alkanes) is 1. The van der Waals surface area contributed by atoms with Crippen LogP contribution in [0.3, 0.4) is 0 Å². The van der Waals surface area contributed by atoms with E-state index >= 15 is 0 Å². The Morgan fingerprint density at radius 3 is 2.21 bits per heavy atom. The van der Waals surface area contributed by atoms with Crippen LogP contribution in [-0.2, 0) is 4.74 Å². The maximum atomic E-state index is 5.56. The van der Waals surface area contributed by atoms with E-state index in [-0.39, 0.29) is 24.0 Å². The normalized spacial score (nSPS) is 16.7. The fourth-order valence-electron chi connectivity index (χ4n) is 2.61.